The van der Waals surface area contributed by atoms with Crippen LogP contribution in [0.5, 0.6) is 0 Å². The zero-order valence-electron chi connectivity index (χ0n) is 9.64. The third-order valence-corrected chi connectivity index (χ3v) is 3.51. The first kappa shape index (κ1) is 13.5. The van der Waals surface area contributed by atoms with E-state index in [4.69, 9.17) is 23.2 Å². The van der Waals surface area contributed by atoms with Gasteiger partial charge in [-0.2, -0.15) is 0 Å². The lowest BCUT2D eigenvalue weighted by Gasteiger charge is -2.34. The smallest absolute Gasteiger partial charge is 0.257 e. The molecule has 5 nitrogen and oxygen atoms in total. The average Bonchev–Trinajstić information content (AvgIpc) is 2.40. The molecule has 2 heterocycles. The van der Waals surface area contributed by atoms with Crippen molar-refractivity contribution in [1.29, 1.82) is 0 Å². The SMILES string of the molecule is O=C(c1cc(Cl)nnc1Cl)N1CCCCC1CO. The number of carbonyl (C=O) groups excluding carboxylic acids is 1. The quantitative estimate of drug-likeness (QED) is 0.901. The van der Waals surface area contributed by atoms with E-state index in [0.717, 1.165) is 19.3 Å². The number of hydrogen-bond acceptors (Lipinski definition) is 4. The Morgan fingerprint density at radius 2 is 2.22 bits per heavy atom. The molecule has 1 amide bonds. The summed E-state index contributed by atoms with van der Waals surface area (Å²) in [4.78, 5) is 14.0. The molecule has 1 aliphatic rings. The van der Waals surface area contributed by atoms with Gasteiger partial charge in [0.25, 0.3) is 5.91 Å². The number of hydrogen-bond donors (Lipinski definition) is 1. The Labute approximate surface area is 115 Å². The maximum atomic E-state index is 12.3. The molecule has 1 unspecified atom stereocenters. The molecule has 18 heavy (non-hydrogen) atoms. The van der Waals surface area contributed by atoms with Gasteiger partial charge in [-0.15, -0.1) is 10.2 Å². The van der Waals surface area contributed by atoms with Gasteiger partial charge in [0.1, 0.15) is 0 Å². The van der Waals surface area contributed by atoms with Crippen LogP contribution >= 0.6 is 23.2 Å². The van der Waals surface area contributed by atoms with E-state index in [9.17, 15) is 9.90 Å². The Bertz CT molecular complexity index is 456. The second kappa shape index (κ2) is 5.82. The summed E-state index contributed by atoms with van der Waals surface area (Å²) < 4.78 is 0. The third kappa shape index (κ3) is 2.74. The Hall–Kier alpha value is -0.910. The number of rotatable bonds is 2. The number of amides is 1. The van der Waals surface area contributed by atoms with E-state index >= 15 is 0 Å². The summed E-state index contributed by atoms with van der Waals surface area (Å²) in [7, 11) is 0. The first-order valence-corrected chi connectivity index (χ1v) is 6.49. The highest BCUT2D eigenvalue weighted by molar-refractivity contribution is 6.34. The van der Waals surface area contributed by atoms with E-state index in [0.29, 0.717) is 6.54 Å². The molecule has 1 aromatic rings. The summed E-state index contributed by atoms with van der Waals surface area (Å²) in [5, 5.41) is 16.6. The molecule has 98 valence electrons. The summed E-state index contributed by atoms with van der Waals surface area (Å²) in [6.45, 7) is 0.565. The zero-order chi connectivity index (χ0) is 13.1. The predicted molar refractivity (Wildman–Crippen MR) is 67.8 cm³/mol. The lowest BCUT2D eigenvalue weighted by Crippen LogP contribution is -2.45. The van der Waals surface area contributed by atoms with Crippen molar-refractivity contribution in [1.82, 2.24) is 15.1 Å². The number of carbonyl (C=O) groups is 1. The van der Waals surface area contributed by atoms with Gasteiger partial charge < -0.3 is 10.0 Å². The van der Waals surface area contributed by atoms with Crippen molar-refractivity contribution in [3.63, 3.8) is 0 Å². The van der Waals surface area contributed by atoms with Gasteiger partial charge in [0, 0.05) is 6.54 Å². The molecule has 0 bridgehead atoms. The molecule has 1 N–H and O–H groups in total. The fourth-order valence-corrected chi connectivity index (χ4v) is 2.44. The lowest BCUT2D eigenvalue weighted by atomic mass is 10.0. The van der Waals surface area contributed by atoms with Gasteiger partial charge in [0.05, 0.1) is 18.2 Å². The second-order valence-corrected chi connectivity index (χ2v) is 4.95. The maximum absolute atomic E-state index is 12.3. The highest BCUT2D eigenvalue weighted by atomic mass is 35.5. The predicted octanol–water partition coefficient (Wildman–Crippen LogP) is 1.77. The number of halogens is 2. The minimum Gasteiger partial charge on any atom is -0.394 e. The molecule has 1 aliphatic heterocycles. The number of aromatic nitrogens is 2. The summed E-state index contributed by atoms with van der Waals surface area (Å²) in [5.41, 5.74) is 0.233. The van der Waals surface area contributed by atoms with Crippen LogP contribution in [0.3, 0.4) is 0 Å². The van der Waals surface area contributed by atoms with E-state index in [2.05, 4.69) is 10.2 Å². The molecule has 0 aliphatic carbocycles. The Kier molecular flexibility index (Phi) is 4.37. The highest BCUT2D eigenvalue weighted by Crippen LogP contribution is 2.23. The average molecular weight is 290 g/mol. The number of nitrogens with zero attached hydrogens (tertiary/aromatic N) is 3. The number of aliphatic hydroxyl groups is 1. The van der Waals surface area contributed by atoms with Gasteiger partial charge in [0.15, 0.2) is 10.3 Å². The number of piperidine rings is 1. The molecule has 1 fully saturated rings. The van der Waals surface area contributed by atoms with E-state index < -0.39 is 0 Å². The van der Waals surface area contributed by atoms with Crippen LogP contribution in [0.4, 0.5) is 0 Å². The fourth-order valence-electron chi connectivity index (χ4n) is 2.12. The Morgan fingerprint density at radius 3 is 2.94 bits per heavy atom. The van der Waals surface area contributed by atoms with E-state index in [-0.39, 0.29) is 34.4 Å². The van der Waals surface area contributed by atoms with Crippen LogP contribution in [0.25, 0.3) is 0 Å². The molecule has 0 radical (unpaired) electrons. The van der Waals surface area contributed by atoms with Crippen LogP contribution in [0.1, 0.15) is 29.6 Å². The zero-order valence-corrected chi connectivity index (χ0v) is 11.2. The van der Waals surface area contributed by atoms with Crippen molar-refractivity contribution in [3.05, 3.63) is 21.9 Å². The molecule has 7 heteroatoms. The van der Waals surface area contributed by atoms with Crippen molar-refractivity contribution < 1.29 is 9.90 Å². The van der Waals surface area contributed by atoms with Crippen LogP contribution < -0.4 is 0 Å². The molecule has 2 rings (SSSR count). The molecule has 1 saturated heterocycles. The normalized spacial score (nSPS) is 19.9. The third-order valence-electron chi connectivity index (χ3n) is 3.05. The van der Waals surface area contributed by atoms with E-state index in [1.54, 1.807) is 4.90 Å². The standard InChI is InChI=1S/C11H13Cl2N3O2/c12-9-5-8(10(13)15-14-9)11(18)16-4-2-1-3-7(16)6-17/h5,7,17H,1-4,6H2. The summed E-state index contributed by atoms with van der Waals surface area (Å²) >= 11 is 11.6. The Morgan fingerprint density at radius 1 is 1.44 bits per heavy atom. The van der Waals surface area contributed by atoms with E-state index in [1.807, 2.05) is 0 Å². The minimum atomic E-state index is -0.254. The summed E-state index contributed by atoms with van der Waals surface area (Å²) in [5.74, 6) is -0.254. The number of aliphatic hydroxyl groups excluding tert-OH is 1. The molecule has 0 aromatic carbocycles. The van der Waals surface area contributed by atoms with Crippen molar-refractivity contribution >= 4 is 29.1 Å². The van der Waals surface area contributed by atoms with Crippen LogP contribution in [0, 0.1) is 0 Å². The second-order valence-electron chi connectivity index (χ2n) is 4.20. The van der Waals surface area contributed by atoms with Crippen molar-refractivity contribution in [3.8, 4) is 0 Å². The van der Waals surface area contributed by atoms with E-state index in [1.165, 1.54) is 6.07 Å². The van der Waals surface area contributed by atoms with Crippen molar-refractivity contribution in [2.24, 2.45) is 0 Å². The van der Waals surface area contributed by atoms with Crippen molar-refractivity contribution in [2.75, 3.05) is 13.2 Å². The van der Waals surface area contributed by atoms with Crippen LogP contribution in [0.2, 0.25) is 10.3 Å². The van der Waals surface area contributed by atoms with Gasteiger partial charge >= 0.3 is 0 Å². The van der Waals surface area contributed by atoms with Crippen molar-refractivity contribution in [2.45, 2.75) is 25.3 Å². The maximum Gasteiger partial charge on any atom is 0.257 e. The van der Waals surface area contributed by atoms with Gasteiger partial charge in [0.2, 0.25) is 0 Å². The molecule has 1 aromatic heterocycles. The monoisotopic (exact) mass is 289 g/mol. The first-order valence-electron chi connectivity index (χ1n) is 5.74. The highest BCUT2D eigenvalue weighted by Gasteiger charge is 2.28. The Balaban J connectivity index is 2.26. The largest absolute Gasteiger partial charge is 0.394 e. The minimum absolute atomic E-state index is 0.0339. The molecule has 0 spiro atoms. The van der Waals surface area contributed by atoms with Gasteiger partial charge in [-0.25, -0.2) is 0 Å². The van der Waals surface area contributed by atoms with Crippen LogP contribution in [-0.4, -0.2) is 45.3 Å². The van der Waals surface area contributed by atoms with Crippen LogP contribution in [-0.2, 0) is 0 Å². The van der Waals surface area contributed by atoms with Gasteiger partial charge in [-0.05, 0) is 25.3 Å². The lowest BCUT2D eigenvalue weighted by molar-refractivity contribution is 0.0502. The molecule has 0 saturated carbocycles. The molecular formula is C11H13Cl2N3O2. The topological polar surface area (TPSA) is 66.3 Å². The first-order chi connectivity index (χ1) is 8.63. The summed E-state index contributed by atoms with van der Waals surface area (Å²) in [6, 6.07) is 1.25. The molecular weight excluding hydrogens is 277 g/mol. The summed E-state index contributed by atoms with van der Waals surface area (Å²) in [6.07, 6.45) is 2.73. The number of likely N-dealkylation sites (tertiary alicyclic amines) is 1. The van der Waals surface area contributed by atoms with Gasteiger partial charge in [-0.3, -0.25) is 4.79 Å². The van der Waals surface area contributed by atoms with Gasteiger partial charge in [-0.1, -0.05) is 23.2 Å². The van der Waals surface area contributed by atoms with Crippen LogP contribution in [0.15, 0.2) is 6.07 Å². The fraction of sp³-hybridized carbons (Fsp3) is 0.545. The molecule has 1 atom stereocenters.